The van der Waals surface area contributed by atoms with E-state index in [-0.39, 0.29) is 6.54 Å². The average molecular weight is 200 g/mol. The zero-order valence-corrected chi connectivity index (χ0v) is 8.53. The van der Waals surface area contributed by atoms with E-state index in [1.807, 2.05) is 13.8 Å². The van der Waals surface area contributed by atoms with Crippen LogP contribution >= 0.6 is 0 Å². The summed E-state index contributed by atoms with van der Waals surface area (Å²) in [5.74, 6) is -0.858. The topological polar surface area (TPSA) is 98.1 Å². The van der Waals surface area contributed by atoms with E-state index >= 15 is 0 Å². The maximum Gasteiger partial charge on any atom is 0.323 e. The van der Waals surface area contributed by atoms with Crippen molar-refractivity contribution in [1.82, 2.24) is 5.32 Å². The number of carbonyl (C=O) groups is 1. The van der Waals surface area contributed by atoms with Gasteiger partial charge in [0.05, 0.1) is 0 Å². The van der Waals surface area contributed by atoms with E-state index in [9.17, 15) is 4.79 Å². The Labute approximate surface area is 82.9 Å². The molecule has 2 N–H and O–H groups in total. The quantitative estimate of drug-likeness (QED) is 0.282. The van der Waals surface area contributed by atoms with E-state index < -0.39 is 11.5 Å². The minimum Gasteiger partial charge on any atom is -0.480 e. The molecule has 0 saturated carbocycles. The Morgan fingerprint density at radius 3 is 2.50 bits per heavy atom. The number of nitrogens with one attached hydrogen (secondary N) is 1. The van der Waals surface area contributed by atoms with Gasteiger partial charge in [-0.3, -0.25) is 4.79 Å². The number of aliphatic carboxylic acids is 1. The largest absolute Gasteiger partial charge is 0.480 e. The van der Waals surface area contributed by atoms with E-state index in [0.29, 0.717) is 19.4 Å². The molecule has 0 heterocycles. The van der Waals surface area contributed by atoms with Crippen molar-refractivity contribution in [3.05, 3.63) is 10.4 Å². The number of nitrogens with zero attached hydrogens (tertiary/aromatic N) is 3. The second-order valence-corrected chi connectivity index (χ2v) is 2.98. The number of carboxylic acid groups (broad SMARTS) is 1. The minimum atomic E-state index is -0.884. The highest BCUT2D eigenvalue weighted by molar-refractivity contribution is 5.78. The standard InChI is InChI=1S/C8H16N4O2/c1-3-8(4-2,7(13)14)10-5-6-11-12-9/h10H,3-6H2,1-2H3,(H,13,14). The molecular weight excluding hydrogens is 184 g/mol. The molecule has 0 aromatic heterocycles. The van der Waals surface area contributed by atoms with Crippen molar-refractivity contribution in [3.8, 4) is 0 Å². The molecule has 0 aromatic carbocycles. The van der Waals surface area contributed by atoms with Gasteiger partial charge in [-0.25, -0.2) is 0 Å². The number of azide groups is 1. The van der Waals surface area contributed by atoms with Crippen molar-refractivity contribution in [2.24, 2.45) is 5.11 Å². The van der Waals surface area contributed by atoms with Crippen LogP contribution in [0, 0.1) is 0 Å². The van der Waals surface area contributed by atoms with Gasteiger partial charge in [-0.1, -0.05) is 19.0 Å². The van der Waals surface area contributed by atoms with Crippen molar-refractivity contribution >= 4 is 5.97 Å². The molecule has 6 nitrogen and oxygen atoms in total. The molecule has 0 rings (SSSR count). The summed E-state index contributed by atoms with van der Waals surface area (Å²) in [7, 11) is 0. The summed E-state index contributed by atoms with van der Waals surface area (Å²) < 4.78 is 0. The Hall–Kier alpha value is -1.26. The van der Waals surface area contributed by atoms with Gasteiger partial charge in [0.2, 0.25) is 0 Å². The maximum absolute atomic E-state index is 11.0. The lowest BCUT2D eigenvalue weighted by Crippen LogP contribution is -2.51. The predicted molar refractivity (Wildman–Crippen MR) is 53.0 cm³/mol. The predicted octanol–water partition coefficient (Wildman–Crippen LogP) is 1.53. The van der Waals surface area contributed by atoms with Crippen LogP contribution in [0.5, 0.6) is 0 Å². The Kier molecular flexibility index (Phi) is 5.67. The average Bonchev–Trinajstić information content (AvgIpc) is 2.18. The summed E-state index contributed by atoms with van der Waals surface area (Å²) >= 11 is 0. The van der Waals surface area contributed by atoms with Crippen LogP contribution in [-0.4, -0.2) is 29.7 Å². The molecule has 0 atom stereocenters. The van der Waals surface area contributed by atoms with Crippen molar-refractivity contribution in [2.75, 3.05) is 13.1 Å². The third kappa shape index (κ3) is 3.24. The maximum atomic E-state index is 11.0. The third-order valence-corrected chi connectivity index (χ3v) is 2.35. The van der Waals surface area contributed by atoms with Crippen LogP contribution in [0.3, 0.4) is 0 Å². The van der Waals surface area contributed by atoms with Crippen LogP contribution < -0.4 is 5.32 Å². The zero-order chi connectivity index (χ0) is 11.0. The number of hydrogen-bond acceptors (Lipinski definition) is 3. The summed E-state index contributed by atoms with van der Waals surface area (Å²) in [6.07, 6.45) is 1.02. The summed E-state index contributed by atoms with van der Waals surface area (Å²) in [4.78, 5) is 13.6. The minimum absolute atomic E-state index is 0.269. The number of rotatable bonds is 7. The van der Waals surface area contributed by atoms with Crippen molar-refractivity contribution < 1.29 is 9.90 Å². The van der Waals surface area contributed by atoms with Gasteiger partial charge >= 0.3 is 5.97 Å². The normalized spacial score (nSPS) is 10.7. The van der Waals surface area contributed by atoms with Gasteiger partial charge < -0.3 is 10.4 Å². The van der Waals surface area contributed by atoms with Gasteiger partial charge in [-0.2, -0.15) is 0 Å². The molecule has 6 heteroatoms. The Balaban J connectivity index is 4.21. The van der Waals surface area contributed by atoms with Crippen molar-refractivity contribution in [2.45, 2.75) is 32.2 Å². The van der Waals surface area contributed by atoms with Crippen molar-refractivity contribution in [1.29, 1.82) is 0 Å². The Morgan fingerprint density at radius 2 is 2.14 bits per heavy atom. The van der Waals surface area contributed by atoms with Gasteiger partial charge in [-0.05, 0) is 18.4 Å². The lowest BCUT2D eigenvalue weighted by atomic mass is 9.93. The highest BCUT2D eigenvalue weighted by Crippen LogP contribution is 2.14. The SMILES string of the molecule is CCC(CC)(NCCN=[N+]=[N-])C(=O)O. The zero-order valence-electron chi connectivity index (χ0n) is 8.53. The fourth-order valence-corrected chi connectivity index (χ4v) is 1.27. The first-order chi connectivity index (χ1) is 6.63. The second-order valence-electron chi connectivity index (χ2n) is 2.98. The smallest absolute Gasteiger partial charge is 0.323 e. The molecule has 0 radical (unpaired) electrons. The van der Waals surface area contributed by atoms with E-state index in [4.69, 9.17) is 10.6 Å². The highest BCUT2D eigenvalue weighted by Gasteiger charge is 2.33. The van der Waals surface area contributed by atoms with Crippen LogP contribution in [0.1, 0.15) is 26.7 Å². The molecule has 0 aliphatic carbocycles. The van der Waals surface area contributed by atoms with E-state index in [0.717, 1.165) is 0 Å². The summed E-state index contributed by atoms with van der Waals surface area (Å²) in [5.41, 5.74) is 7.15. The fraction of sp³-hybridized carbons (Fsp3) is 0.875. The second kappa shape index (κ2) is 6.23. The molecular formula is C8H16N4O2. The van der Waals surface area contributed by atoms with E-state index in [1.165, 1.54) is 0 Å². The Morgan fingerprint density at radius 1 is 1.57 bits per heavy atom. The molecule has 0 spiro atoms. The fourth-order valence-electron chi connectivity index (χ4n) is 1.27. The highest BCUT2D eigenvalue weighted by atomic mass is 16.4. The van der Waals surface area contributed by atoms with Crippen LogP contribution in [-0.2, 0) is 4.79 Å². The van der Waals surface area contributed by atoms with Crippen LogP contribution in [0.4, 0.5) is 0 Å². The Bertz CT molecular complexity index is 231. The monoisotopic (exact) mass is 200 g/mol. The van der Waals surface area contributed by atoms with E-state index in [1.54, 1.807) is 0 Å². The van der Waals surface area contributed by atoms with Gasteiger partial charge in [0.1, 0.15) is 5.54 Å². The van der Waals surface area contributed by atoms with Gasteiger partial charge in [0.25, 0.3) is 0 Å². The molecule has 0 aromatic rings. The first-order valence-electron chi connectivity index (χ1n) is 4.62. The van der Waals surface area contributed by atoms with Crippen LogP contribution in [0.15, 0.2) is 5.11 Å². The van der Waals surface area contributed by atoms with Crippen LogP contribution in [0.2, 0.25) is 0 Å². The van der Waals surface area contributed by atoms with Crippen molar-refractivity contribution in [3.63, 3.8) is 0 Å². The molecule has 0 bridgehead atoms. The molecule has 0 unspecified atom stereocenters. The summed E-state index contributed by atoms with van der Waals surface area (Å²) in [5, 5.41) is 15.2. The molecule has 0 fully saturated rings. The molecule has 80 valence electrons. The molecule has 0 saturated heterocycles. The van der Waals surface area contributed by atoms with Gasteiger partial charge in [0, 0.05) is 18.0 Å². The molecule has 0 aliphatic heterocycles. The van der Waals surface area contributed by atoms with E-state index in [2.05, 4.69) is 15.3 Å². The molecule has 0 amide bonds. The van der Waals surface area contributed by atoms with Crippen LogP contribution in [0.25, 0.3) is 10.4 Å². The number of carboxylic acids is 1. The first-order valence-corrected chi connectivity index (χ1v) is 4.62. The molecule has 14 heavy (non-hydrogen) atoms. The van der Waals surface area contributed by atoms with Gasteiger partial charge in [-0.15, -0.1) is 0 Å². The molecule has 0 aliphatic rings. The lowest BCUT2D eigenvalue weighted by molar-refractivity contribution is -0.145. The third-order valence-electron chi connectivity index (χ3n) is 2.35. The summed E-state index contributed by atoms with van der Waals surface area (Å²) in [6.45, 7) is 4.29. The summed E-state index contributed by atoms with van der Waals surface area (Å²) in [6, 6.07) is 0. The number of hydrogen-bond donors (Lipinski definition) is 2. The lowest BCUT2D eigenvalue weighted by Gasteiger charge is -2.27. The first kappa shape index (κ1) is 12.7. The van der Waals surface area contributed by atoms with Gasteiger partial charge in [0.15, 0.2) is 0 Å².